The fraction of sp³-hybridized carbons (Fsp3) is 0.207. The van der Waals surface area contributed by atoms with Crippen molar-refractivity contribution < 1.29 is 23.1 Å². The molecule has 1 aromatic heterocycles. The van der Waals surface area contributed by atoms with Gasteiger partial charge in [0.05, 0.1) is 18.0 Å². The van der Waals surface area contributed by atoms with Gasteiger partial charge in [-0.25, -0.2) is 13.2 Å². The van der Waals surface area contributed by atoms with E-state index in [2.05, 4.69) is 9.72 Å². The minimum absolute atomic E-state index is 0.0167. The van der Waals surface area contributed by atoms with Gasteiger partial charge in [0.2, 0.25) is 10.0 Å². The second kappa shape index (κ2) is 10.2. The number of benzene rings is 3. The number of fused-ring (bicyclic) bond motifs is 2. The summed E-state index contributed by atoms with van der Waals surface area (Å²) in [5, 5.41) is 10.8. The lowest BCUT2D eigenvalue weighted by molar-refractivity contribution is -0.134. The Labute approximate surface area is 216 Å². The number of hydrogen-bond donors (Lipinski definition) is 2. The minimum atomic E-state index is -3.85. The summed E-state index contributed by atoms with van der Waals surface area (Å²) in [6.07, 6.45) is 6.95. The number of aromatic amines is 1. The van der Waals surface area contributed by atoms with Gasteiger partial charge in [-0.15, -0.1) is 0 Å². The highest BCUT2D eigenvalue weighted by Gasteiger charge is 2.36. The van der Waals surface area contributed by atoms with Gasteiger partial charge in [0.15, 0.2) is 0 Å². The quantitative estimate of drug-likeness (QED) is 0.254. The molecule has 0 saturated heterocycles. The topological polar surface area (TPSA) is 99.7 Å². The summed E-state index contributed by atoms with van der Waals surface area (Å²) in [7, 11) is -2.52. The number of nitrogens with one attached hydrogen (secondary N) is 1. The van der Waals surface area contributed by atoms with E-state index < -0.39 is 16.0 Å². The van der Waals surface area contributed by atoms with Gasteiger partial charge in [0, 0.05) is 29.7 Å². The summed E-state index contributed by atoms with van der Waals surface area (Å²) < 4.78 is 34.1. The van der Waals surface area contributed by atoms with Crippen molar-refractivity contribution in [2.24, 2.45) is 0 Å². The van der Waals surface area contributed by atoms with Crippen molar-refractivity contribution in [2.45, 2.75) is 30.2 Å². The predicted octanol–water partition coefficient (Wildman–Crippen LogP) is 4.98. The van der Waals surface area contributed by atoms with E-state index >= 15 is 0 Å². The highest BCUT2D eigenvalue weighted by Crippen LogP contribution is 2.39. The number of aromatic hydroxyl groups is 1. The van der Waals surface area contributed by atoms with Gasteiger partial charge in [0.25, 0.3) is 0 Å². The molecule has 4 aromatic rings. The number of para-hydroxylation sites is 1. The maximum atomic E-state index is 13.9. The van der Waals surface area contributed by atoms with Crippen LogP contribution >= 0.6 is 0 Å². The molecular formula is C29H28N2O5S. The second-order valence-electron chi connectivity index (χ2n) is 9.09. The third-order valence-corrected chi connectivity index (χ3v) is 8.82. The van der Waals surface area contributed by atoms with Crippen LogP contribution in [0.5, 0.6) is 5.75 Å². The molecule has 0 amide bonds. The van der Waals surface area contributed by atoms with Crippen LogP contribution in [-0.2, 0) is 32.4 Å². The summed E-state index contributed by atoms with van der Waals surface area (Å²) in [4.78, 5) is 14.9. The van der Waals surface area contributed by atoms with Gasteiger partial charge in [-0.1, -0.05) is 36.4 Å². The van der Waals surface area contributed by atoms with E-state index in [4.69, 9.17) is 0 Å². The number of rotatable bonds is 8. The minimum Gasteiger partial charge on any atom is -0.508 e. The molecule has 0 radical (unpaired) electrons. The first-order chi connectivity index (χ1) is 17.9. The molecule has 1 aliphatic rings. The molecule has 1 heterocycles. The van der Waals surface area contributed by atoms with Crippen molar-refractivity contribution in [1.29, 1.82) is 0 Å². The zero-order valence-corrected chi connectivity index (χ0v) is 21.2. The lowest BCUT2D eigenvalue weighted by Crippen LogP contribution is -2.35. The van der Waals surface area contributed by atoms with Crippen LogP contribution in [-0.4, -0.2) is 42.4 Å². The molecule has 0 fully saturated rings. The van der Waals surface area contributed by atoms with Crippen LogP contribution in [0.4, 0.5) is 0 Å². The Morgan fingerprint density at radius 2 is 1.92 bits per heavy atom. The van der Waals surface area contributed by atoms with Crippen molar-refractivity contribution in [2.75, 3.05) is 13.7 Å². The van der Waals surface area contributed by atoms with Crippen molar-refractivity contribution in [3.05, 3.63) is 101 Å². The number of phenols is 1. The van der Waals surface area contributed by atoms with E-state index in [1.807, 2.05) is 48.7 Å². The molecule has 8 heteroatoms. The Morgan fingerprint density at radius 3 is 2.70 bits per heavy atom. The molecule has 1 unspecified atom stereocenters. The number of carbonyl (C=O) groups excluding carboxylic acids is 1. The van der Waals surface area contributed by atoms with Crippen LogP contribution in [0.25, 0.3) is 17.0 Å². The molecule has 0 aliphatic heterocycles. The van der Waals surface area contributed by atoms with Crippen LogP contribution in [0.1, 0.15) is 34.7 Å². The summed E-state index contributed by atoms with van der Waals surface area (Å²) >= 11 is 0. The number of H-pyrrole nitrogens is 1. The standard InChI is InChI=1S/C29H28N2O5S/c1-36-29(33)15-7-20-6-13-26-21(18-20)8-14-28(26)31(37(34,35)24-11-9-23(32)10-12-24)17-16-22-19-30-27-5-3-2-4-25(22)27/h2-7,9-13,15,18-19,28,30,32H,8,14,16-17H2,1H3/b15-7+. The molecule has 0 bridgehead atoms. The largest absolute Gasteiger partial charge is 0.508 e. The average molecular weight is 517 g/mol. The fourth-order valence-electron chi connectivity index (χ4n) is 5.02. The number of ether oxygens (including phenoxy) is 1. The number of hydrogen-bond acceptors (Lipinski definition) is 5. The van der Waals surface area contributed by atoms with Gasteiger partial charge in [-0.3, -0.25) is 0 Å². The second-order valence-corrected chi connectivity index (χ2v) is 11.0. The Morgan fingerprint density at radius 1 is 1.14 bits per heavy atom. The number of aryl methyl sites for hydroxylation is 1. The van der Waals surface area contributed by atoms with Crippen molar-refractivity contribution in [1.82, 2.24) is 9.29 Å². The van der Waals surface area contributed by atoms with Crippen molar-refractivity contribution in [3.63, 3.8) is 0 Å². The first-order valence-corrected chi connectivity index (χ1v) is 13.6. The smallest absolute Gasteiger partial charge is 0.330 e. The third kappa shape index (κ3) is 5.03. The van der Waals surface area contributed by atoms with E-state index in [1.165, 1.54) is 37.5 Å². The number of aromatic nitrogens is 1. The van der Waals surface area contributed by atoms with Gasteiger partial charge in [-0.05, 0) is 77.9 Å². The highest BCUT2D eigenvalue weighted by atomic mass is 32.2. The van der Waals surface area contributed by atoms with Gasteiger partial charge in [-0.2, -0.15) is 4.31 Å². The number of phenolic OH excluding ortho intramolecular Hbond substituents is 1. The molecule has 5 rings (SSSR count). The molecule has 7 nitrogen and oxygen atoms in total. The fourth-order valence-corrected chi connectivity index (χ4v) is 6.65. The Kier molecular flexibility index (Phi) is 6.86. The predicted molar refractivity (Wildman–Crippen MR) is 143 cm³/mol. The zero-order chi connectivity index (χ0) is 26.0. The van der Waals surface area contributed by atoms with Crippen LogP contribution in [0.3, 0.4) is 0 Å². The van der Waals surface area contributed by atoms with Crippen molar-refractivity contribution >= 4 is 33.0 Å². The van der Waals surface area contributed by atoms with Gasteiger partial charge >= 0.3 is 5.97 Å². The Hall–Kier alpha value is -3.88. The number of esters is 1. The number of methoxy groups -OCH3 is 1. The van der Waals surface area contributed by atoms with E-state index in [0.29, 0.717) is 19.4 Å². The number of nitrogens with zero attached hydrogens (tertiary/aromatic N) is 1. The normalized spacial score (nSPS) is 15.5. The summed E-state index contributed by atoms with van der Waals surface area (Å²) in [5.41, 5.74) is 4.97. The lowest BCUT2D eigenvalue weighted by atomic mass is 10.0. The zero-order valence-electron chi connectivity index (χ0n) is 20.4. The number of carbonyl (C=O) groups is 1. The molecule has 190 valence electrons. The van der Waals surface area contributed by atoms with Crippen LogP contribution in [0.15, 0.2) is 83.9 Å². The molecule has 3 aromatic carbocycles. The van der Waals surface area contributed by atoms with Gasteiger partial charge in [0.1, 0.15) is 5.75 Å². The van der Waals surface area contributed by atoms with E-state index in [0.717, 1.165) is 39.6 Å². The lowest BCUT2D eigenvalue weighted by Gasteiger charge is -2.29. The summed E-state index contributed by atoms with van der Waals surface area (Å²) in [6, 6.07) is 19.2. The molecule has 1 aliphatic carbocycles. The maximum absolute atomic E-state index is 13.9. The van der Waals surface area contributed by atoms with E-state index in [1.54, 1.807) is 10.4 Å². The summed E-state index contributed by atoms with van der Waals surface area (Å²) in [5.74, 6) is -0.412. The van der Waals surface area contributed by atoms with Crippen LogP contribution < -0.4 is 0 Å². The molecule has 2 N–H and O–H groups in total. The Balaban J connectivity index is 1.49. The maximum Gasteiger partial charge on any atom is 0.330 e. The molecular weight excluding hydrogens is 488 g/mol. The third-order valence-electron chi connectivity index (χ3n) is 6.89. The monoisotopic (exact) mass is 516 g/mol. The average Bonchev–Trinajstić information content (AvgIpc) is 3.51. The van der Waals surface area contributed by atoms with Crippen LogP contribution in [0, 0.1) is 0 Å². The molecule has 0 saturated carbocycles. The van der Waals surface area contributed by atoms with Crippen LogP contribution in [0.2, 0.25) is 0 Å². The van der Waals surface area contributed by atoms with E-state index in [-0.39, 0.29) is 16.7 Å². The first kappa shape index (κ1) is 24.8. The molecule has 37 heavy (non-hydrogen) atoms. The number of sulfonamides is 1. The molecule has 1 atom stereocenters. The Bertz CT molecular complexity index is 1570. The highest BCUT2D eigenvalue weighted by molar-refractivity contribution is 7.89. The SMILES string of the molecule is COC(=O)/C=C/c1ccc2c(c1)CCC2N(CCc1c[nH]c2ccccc12)S(=O)(=O)c1ccc(O)cc1. The van der Waals surface area contributed by atoms with E-state index in [9.17, 15) is 18.3 Å². The first-order valence-electron chi connectivity index (χ1n) is 12.1. The van der Waals surface area contributed by atoms with Gasteiger partial charge < -0.3 is 14.8 Å². The molecule has 0 spiro atoms. The summed E-state index contributed by atoms with van der Waals surface area (Å²) in [6.45, 7) is 0.305. The van der Waals surface area contributed by atoms with Crippen molar-refractivity contribution in [3.8, 4) is 5.75 Å².